The van der Waals surface area contributed by atoms with E-state index >= 15 is 0 Å². The number of carbonyl (C=O) groups is 1. The monoisotopic (exact) mass is 319 g/mol. The minimum Gasteiger partial charge on any atom is -0.324 e. The van der Waals surface area contributed by atoms with E-state index in [9.17, 15) is 23.9 Å². The molecule has 1 atom stereocenters. The van der Waals surface area contributed by atoms with E-state index < -0.39 is 19.3 Å². The molecule has 0 aliphatic rings. The summed E-state index contributed by atoms with van der Waals surface area (Å²) < 4.78 is 28.8. The molecule has 0 heterocycles. The van der Waals surface area contributed by atoms with Gasteiger partial charge in [0.1, 0.15) is 5.82 Å². The van der Waals surface area contributed by atoms with Crippen LogP contribution in [0.5, 0.6) is 0 Å². The lowest BCUT2D eigenvalue weighted by Crippen LogP contribution is -2.26. The smallest absolute Gasteiger partial charge is 0.324 e. The molecule has 0 aliphatic heterocycles. The average molecular weight is 319 g/mol. The van der Waals surface area contributed by atoms with E-state index in [0.29, 0.717) is 10.6 Å². The van der Waals surface area contributed by atoms with Crippen molar-refractivity contribution in [2.45, 2.75) is 26.3 Å². The molecule has 1 amide bonds. The van der Waals surface area contributed by atoms with Gasteiger partial charge < -0.3 is 9.42 Å². The first-order valence-corrected chi connectivity index (χ1v) is 8.30. The van der Waals surface area contributed by atoms with Crippen LogP contribution in [0.25, 0.3) is 0 Å². The summed E-state index contributed by atoms with van der Waals surface area (Å²) >= 11 is 0. The van der Waals surface area contributed by atoms with Crippen LogP contribution in [-0.4, -0.2) is 33.8 Å². The van der Waals surface area contributed by atoms with Gasteiger partial charge in [0, 0.05) is 6.42 Å². The Hall–Kier alpha value is -1.27. The summed E-state index contributed by atoms with van der Waals surface area (Å²) in [6.45, 7) is 1.66. The predicted octanol–water partition coefficient (Wildman–Crippen LogP) is 2.55. The predicted molar refractivity (Wildman–Crippen MR) is 74.3 cm³/mol. The van der Waals surface area contributed by atoms with E-state index in [-0.39, 0.29) is 32.2 Å². The van der Waals surface area contributed by atoms with Gasteiger partial charge in [-0.3, -0.25) is 14.6 Å². The second kappa shape index (κ2) is 8.24. The minimum atomic E-state index is -3.65. The lowest BCUT2D eigenvalue weighted by atomic mass is 10.2. The third-order valence-electron chi connectivity index (χ3n) is 2.70. The van der Waals surface area contributed by atoms with Gasteiger partial charge in [0.25, 0.3) is 0 Å². The number of hydrogen-bond donors (Lipinski definition) is 2. The van der Waals surface area contributed by atoms with Gasteiger partial charge in [-0.25, -0.2) is 9.45 Å². The molecule has 0 saturated heterocycles. The molecule has 0 bridgehead atoms. The zero-order valence-electron chi connectivity index (χ0n) is 11.7. The molecule has 1 aromatic rings. The maximum Gasteiger partial charge on any atom is 0.328 e. The highest BCUT2D eigenvalue weighted by Gasteiger charge is 2.19. The SMILES string of the molecule is CCOP(=O)(O)CCCC(=O)N(O)Cc1ccc(F)cc1. The van der Waals surface area contributed by atoms with Gasteiger partial charge in [0.2, 0.25) is 5.91 Å². The molecular formula is C13H19FNO5P. The maximum absolute atomic E-state index is 12.7. The largest absolute Gasteiger partial charge is 0.328 e. The molecule has 0 saturated carbocycles. The van der Waals surface area contributed by atoms with Crippen molar-refractivity contribution in [2.24, 2.45) is 0 Å². The molecule has 0 radical (unpaired) electrons. The quantitative estimate of drug-likeness (QED) is 0.437. The van der Waals surface area contributed by atoms with Crippen molar-refractivity contribution in [3.05, 3.63) is 35.6 Å². The summed E-state index contributed by atoms with van der Waals surface area (Å²) in [5.41, 5.74) is 0.578. The van der Waals surface area contributed by atoms with Crippen molar-refractivity contribution in [3.8, 4) is 0 Å². The van der Waals surface area contributed by atoms with Gasteiger partial charge in [0.15, 0.2) is 0 Å². The standard InChI is InChI=1S/C13H19FNO5P/c1-2-20-21(18,19)9-3-4-13(16)15(17)10-11-5-7-12(14)8-6-11/h5-8,17H,2-4,9-10H2,1H3,(H,18,19). The number of rotatable bonds is 8. The van der Waals surface area contributed by atoms with Crippen LogP contribution >= 0.6 is 7.60 Å². The Kier molecular flexibility index (Phi) is 6.98. The number of carbonyl (C=O) groups excluding carboxylic acids is 1. The molecule has 118 valence electrons. The molecule has 0 spiro atoms. The van der Waals surface area contributed by atoms with Crippen LogP contribution in [0.15, 0.2) is 24.3 Å². The summed E-state index contributed by atoms with van der Waals surface area (Å²) in [6, 6.07) is 5.39. The summed E-state index contributed by atoms with van der Waals surface area (Å²) in [6.07, 6.45) is -0.0840. The van der Waals surface area contributed by atoms with Crippen molar-refractivity contribution in [2.75, 3.05) is 12.8 Å². The van der Waals surface area contributed by atoms with Gasteiger partial charge in [-0.1, -0.05) is 12.1 Å². The third-order valence-corrected chi connectivity index (χ3v) is 4.24. The fourth-order valence-electron chi connectivity index (χ4n) is 1.68. The second-order valence-electron chi connectivity index (χ2n) is 4.46. The van der Waals surface area contributed by atoms with Crippen LogP contribution in [0.1, 0.15) is 25.3 Å². The number of benzene rings is 1. The van der Waals surface area contributed by atoms with E-state index in [2.05, 4.69) is 4.52 Å². The van der Waals surface area contributed by atoms with Crippen molar-refractivity contribution >= 4 is 13.5 Å². The van der Waals surface area contributed by atoms with E-state index in [4.69, 9.17) is 0 Å². The zero-order chi connectivity index (χ0) is 15.9. The van der Waals surface area contributed by atoms with Crippen LogP contribution < -0.4 is 0 Å². The van der Waals surface area contributed by atoms with Crippen LogP contribution in [0.3, 0.4) is 0 Å². The van der Waals surface area contributed by atoms with Gasteiger partial charge >= 0.3 is 7.60 Å². The third kappa shape index (κ3) is 6.82. The Balaban J connectivity index is 2.38. The molecule has 0 aliphatic carbocycles. The lowest BCUT2D eigenvalue weighted by Gasteiger charge is -2.15. The van der Waals surface area contributed by atoms with Crippen molar-refractivity contribution < 1.29 is 28.4 Å². The van der Waals surface area contributed by atoms with Gasteiger partial charge in [0.05, 0.1) is 19.3 Å². The maximum atomic E-state index is 12.7. The van der Waals surface area contributed by atoms with Crippen molar-refractivity contribution in [3.63, 3.8) is 0 Å². The zero-order valence-corrected chi connectivity index (χ0v) is 12.6. The Morgan fingerprint density at radius 3 is 2.57 bits per heavy atom. The molecule has 0 aromatic heterocycles. The highest BCUT2D eigenvalue weighted by Crippen LogP contribution is 2.42. The molecule has 21 heavy (non-hydrogen) atoms. The van der Waals surface area contributed by atoms with Crippen LogP contribution in [0, 0.1) is 5.82 Å². The molecule has 6 nitrogen and oxygen atoms in total. The second-order valence-corrected chi connectivity index (χ2v) is 6.44. The fourth-order valence-corrected chi connectivity index (χ4v) is 2.77. The summed E-state index contributed by atoms with van der Waals surface area (Å²) in [4.78, 5) is 21.0. The number of hydroxylamine groups is 2. The van der Waals surface area contributed by atoms with Crippen molar-refractivity contribution in [1.82, 2.24) is 5.06 Å². The first-order chi connectivity index (χ1) is 9.84. The number of nitrogens with zero attached hydrogens (tertiary/aromatic N) is 1. The number of halogens is 1. The molecule has 1 unspecified atom stereocenters. The summed E-state index contributed by atoms with van der Waals surface area (Å²) in [5, 5.41) is 10.1. The Morgan fingerprint density at radius 1 is 1.38 bits per heavy atom. The average Bonchev–Trinajstić information content (AvgIpc) is 2.40. The molecule has 0 fully saturated rings. The molecule has 2 N–H and O–H groups in total. The normalized spacial score (nSPS) is 13.7. The highest BCUT2D eigenvalue weighted by atomic mass is 31.2. The molecule has 1 aromatic carbocycles. The van der Waals surface area contributed by atoms with Gasteiger partial charge in [-0.05, 0) is 31.0 Å². The number of amides is 1. The Morgan fingerprint density at radius 2 is 2.00 bits per heavy atom. The van der Waals surface area contributed by atoms with E-state index in [0.717, 1.165) is 0 Å². The first-order valence-electron chi connectivity index (χ1n) is 6.54. The summed E-state index contributed by atoms with van der Waals surface area (Å²) in [5.74, 6) is -0.972. The van der Waals surface area contributed by atoms with Gasteiger partial charge in [-0.15, -0.1) is 0 Å². The van der Waals surface area contributed by atoms with Crippen LogP contribution in [0.4, 0.5) is 4.39 Å². The van der Waals surface area contributed by atoms with Crippen LogP contribution in [0.2, 0.25) is 0 Å². The highest BCUT2D eigenvalue weighted by molar-refractivity contribution is 7.52. The Bertz CT molecular complexity index is 508. The summed E-state index contributed by atoms with van der Waals surface area (Å²) in [7, 11) is -3.65. The van der Waals surface area contributed by atoms with E-state index in [1.807, 2.05) is 0 Å². The lowest BCUT2D eigenvalue weighted by molar-refractivity contribution is -0.168. The first kappa shape index (κ1) is 17.8. The van der Waals surface area contributed by atoms with E-state index in [1.54, 1.807) is 6.92 Å². The molecule has 1 rings (SSSR count). The van der Waals surface area contributed by atoms with E-state index in [1.165, 1.54) is 24.3 Å². The molecule has 8 heteroatoms. The topological polar surface area (TPSA) is 87.1 Å². The Labute approximate surface area is 122 Å². The minimum absolute atomic E-state index is 0.0681. The molecular weight excluding hydrogens is 300 g/mol. The van der Waals surface area contributed by atoms with Crippen LogP contribution in [-0.2, 0) is 20.4 Å². The van der Waals surface area contributed by atoms with Crippen molar-refractivity contribution in [1.29, 1.82) is 0 Å². The van der Waals surface area contributed by atoms with Gasteiger partial charge in [-0.2, -0.15) is 0 Å². The number of hydrogen-bond acceptors (Lipinski definition) is 4. The fraction of sp³-hybridized carbons (Fsp3) is 0.462.